The molecule has 66 valence electrons. The van der Waals surface area contributed by atoms with Crippen molar-refractivity contribution in [1.29, 1.82) is 0 Å². The van der Waals surface area contributed by atoms with E-state index < -0.39 is 0 Å². The Hall–Kier alpha value is -1.77. The second-order valence-electron chi connectivity index (χ2n) is 2.90. The topological polar surface area (TPSA) is 56.2 Å². The van der Waals surface area contributed by atoms with Crippen molar-refractivity contribution in [1.82, 2.24) is 0 Å². The second kappa shape index (κ2) is 2.94. The van der Waals surface area contributed by atoms with Gasteiger partial charge in [-0.25, -0.2) is 0 Å². The Balaban J connectivity index is 2.54. The summed E-state index contributed by atoms with van der Waals surface area (Å²) in [5.41, 5.74) is 6.70. The van der Waals surface area contributed by atoms with Gasteiger partial charge in [0, 0.05) is 10.9 Å². The first-order chi connectivity index (χ1) is 6.27. The number of furan rings is 1. The molecular formula is C10H9NO2. The quantitative estimate of drug-likeness (QED) is 0.751. The smallest absolute Gasteiger partial charge is 0.221 e. The summed E-state index contributed by atoms with van der Waals surface area (Å²) in [7, 11) is 0. The Bertz CT molecular complexity index is 445. The van der Waals surface area contributed by atoms with Crippen LogP contribution in [0.1, 0.15) is 5.56 Å². The van der Waals surface area contributed by atoms with Gasteiger partial charge in [-0.2, -0.15) is 0 Å². The number of nitrogens with two attached hydrogens (primary N) is 1. The molecule has 2 rings (SSSR count). The van der Waals surface area contributed by atoms with Gasteiger partial charge >= 0.3 is 0 Å². The first kappa shape index (κ1) is 7.86. The van der Waals surface area contributed by atoms with Crippen molar-refractivity contribution in [2.75, 3.05) is 0 Å². The summed E-state index contributed by atoms with van der Waals surface area (Å²) >= 11 is 0. The molecule has 3 heteroatoms. The van der Waals surface area contributed by atoms with E-state index in [1.807, 2.05) is 24.3 Å². The lowest BCUT2D eigenvalue weighted by molar-refractivity contribution is -0.117. The van der Waals surface area contributed by atoms with Gasteiger partial charge in [0.05, 0.1) is 12.7 Å². The number of primary amides is 1. The van der Waals surface area contributed by atoms with E-state index >= 15 is 0 Å². The number of rotatable bonds is 2. The SMILES string of the molecule is NC(=O)Cc1cccc2ccoc12. The Morgan fingerprint density at radius 3 is 3.00 bits per heavy atom. The fraction of sp³-hybridized carbons (Fsp3) is 0.100. The lowest BCUT2D eigenvalue weighted by Gasteiger charge is -1.97. The molecule has 3 nitrogen and oxygen atoms in total. The molecule has 2 aromatic rings. The van der Waals surface area contributed by atoms with E-state index in [-0.39, 0.29) is 12.3 Å². The molecule has 1 amide bonds. The highest BCUT2D eigenvalue weighted by molar-refractivity contribution is 5.86. The number of hydrogen-bond donors (Lipinski definition) is 1. The molecule has 0 aliphatic heterocycles. The highest BCUT2D eigenvalue weighted by atomic mass is 16.3. The lowest BCUT2D eigenvalue weighted by atomic mass is 10.1. The van der Waals surface area contributed by atoms with E-state index in [4.69, 9.17) is 10.2 Å². The third kappa shape index (κ3) is 1.40. The lowest BCUT2D eigenvalue weighted by Crippen LogP contribution is -2.13. The largest absolute Gasteiger partial charge is 0.464 e. The van der Waals surface area contributed by atoms with Crippen LogP contribution in [0.5, 0.6) is 0 Å². The van der Waals surface area contributed by atoms with Crippen LogP contribution in [0.4, 0.5) is 0 Å². The number of carbonyl (C=O) groups excluding carboxylic acids is 1. The van der Waals surface area contributed by atoms with Crippen molar-refractivity contribution in [2.24, 2.45) is 5.73 Å². The van der Waals surface area contributed by atoms with Crippen LogP contribution >= 0.6 is 0 Å². The summed E-state index contributed by atoms with van der Waals surface area (Å²) in [6.45, 7) is 0. The molecular weight excluding hydrogens is 166 g/mol. The molecule has 0 aliphatic carbocycles. The molecule has 1 aromatic carbocycles. The van der Waals surface area contributed by atoms with Crippen LogP contribution in [-0.2, 0) is 11.2 Å². The minimum Gasteiger partial charge on any atom is -0.464 e. The van der Waals surface area contributed by atoms with Gasteiger partial charge in [-0.1, -0.05) is 18.2 Å². The van der Waals surface area contributed by atoms with Gasteiger partial charge < -0.3 is 10.2 Å². The number of fused-ring (bicyclic) bond motifs is 1. The van der Waals surface area contributed by atoms with E-state index in [1.165, 1.54) is 0 Å². The zero-order valence-corrected chi connectivity index (χ0v) is 6.99. The number of amides is 1. The van der Waals surface area contributed by atoms with Gasteiger partial charge in [0.1, 0.15) is 5.58 Å². The molecule has 0 bridgehead atoms. The molecule has 0 radical (unpaired) electrons. The molecule has 13 heavy (non-hydrogen) atoms. The van der Waals surface area contributed by atoms with Crippen LogP contribution in [0.25, 0.3) is 11.0 Å². The molecule has 0 saturated heterocycles. The van der Waals surface area contributed by atoms with Crippen molar-refractivity contribution in [3.05, 3.63) is 36.1 Å². The van der Waals surface area contributed by atoms with Crippen LogP contribution in [0.3, 0.4) is 0 Å². The van der Waals surface area contributed by atoms with Crippen LogP contribution in [0.2, 0.25) is 0 Å². The maximum absolute atomic E-state index is 10.7. The number of hydrogen-bond acceptors (Lipinski definition) is 2. The molecule has 0 spiro atoms. The van der Waals surface area contributed by atoms with E-state index in [9.17, 15) is 4.79 Å². The van der Waals surface area contributed by atoms with Gasteiger partial charge in [0.2, 0.25) is 5.91 Å². The van der Waals surface area contributed by atoms with Crippen LogP contribution in [0.15, 0.2) is 34.9 Å². The summed E-state index contributed by atoms with van der Waals surface area (Å²) in [6.07, 6.45) is 1.83. The minimum absolute atomic E-state index is 0.227. The third-order valence-electron chi connectivity index (χ3n) is 1.93. The fourth-order valence-electron chi connectivity index (χ4n) is 1.38. The first-order valence-electron chi connectivity index (χ1n) is 4.01. The average molecular weight is 175 g/mol. The first-order valence-corrected chi connectivity index (χ1v) is 4.01. The van der Waals surface area contributed by atoms with Gasteiger partial charge in [-0.3, -0.25) is 4.79 Å². The number of benzene rings is 1. The summed E-state index contributed by atoms with van der Waals surface area (Å²) in [5, 5.41) is 0.999. The van der Waals surface area contributed by atoms with E-state index in [2.05, 4.69) is 0 Å². The maximum Gasteiger partial charge on any atom is 0.221 e. The summed E-state index contributed by atoms with van der Waals surface area (Å²) in [4.78, 5) is 10.7. The zero-order valence-electron chi connectivity index (χ0n) is 6.99. The highest BCUT2D eigenvalue weighted by Gasteiger charge is 2.05. The van der Waals surface area contributed by atoms with Crippen molar-refractivity contribution >= 4 is 16.9 Å². The van der Waals surface area contributed by atoms with Crippen molar-refractivity contribution in [3.8, 4) is 0 Å². The maximum atomic E-state index is 10.7. The standard InChI is InChI=1S/C10H9NO2/c11-9(12)6-8-3-1-2-7-4-5-13-10(7)8/h1-5H,6H2,(H2,11,12). The molecule has 0 unspecified atom stereocenters. The van der Waals surface area contributed by atoms with E-state index in [0.717, 1.165) is 16.5 Å². The molecule has 1 heterocycles. The Morgan fingerprint density at radius 2 is 2.23 bits per heavy atom. The number of para-hydroxylation sites is 1. The van der Waals surface area contributed by atoms with Crippen LogP contribution in [0, 0.1) is 0 Å². The van der Waals surface area contributed by atoms with Crippen molar-refractivity contribution in [3.63, 3.8) is 0 Å². The highest BCUT2D eigenvalue weighted by Crippen LogP contribution is 2.19. The Morgan fingerprint density at radius 1 is 1.38 bits per heavy atom. The molecule has 2 N–H and O–H groups in total. The van der Waals surface area contributed by atoms with Crippen LogP contribution < -0.4 is 5.73 Å². The zero-order chi connectivity index (χ0) is 9.26. The Labute approximate surface area is 75.1 Å². The van der Waals surface area contributed by atoms with E-state index in [0.29, 0.717) is 0 Å². The van der Waals surface area contributed by atoms with Crippen LogP contribution in [-0.4, -0.2) is 5.91 Å². The normalized spacial score (nSPS) is 10.5. The third-order valence-corrected chi connectivity index (χ3v) is 1.93. The fourth-order valence-corrected chi connectivity index (χ4v) is 1.38. The minimum atomic E-state index is -0.344. The van der Waals surface area contributed by atoms with Gasteiger partial charge in [0.15, 0.2) is 0 Å². The summed E-state index contributed by atoms with van der Waals surface area (Å²) in [5.74, 6) is -0.344. The molecule has 0 atom stereocenters. The molecule has 0 fully saturated rings. The van der Waals surface area contributed by atoms with Gasteiger partial charge in [-0.15, -0.1) is 0 Å². The molecule has 0 aliphatic rings. The monoisotopic (exact) mass is 175 g/mol. The van der Waals surface area contributed by atoms with Crippen molar-refractivity contribution in [2.45, 2.75) is 6.42 Å². The van der Waals surface area contributed by atoms with Gasteiger partial charge in [-0.05, 0) is 6.07 Å². The summed E-state index contributed by atoms with van der Waals surface area (Å²) in [6, 6.07) is 7.52. The number of carbonyl (C=O) groups is 1. The van der Waals surface area contributed by atoms with E-state index in [1.54, 1.807) is 6.26 Å². The predicted octanol–water partition coefficient (Wildman–Crippen LogP) is 1.46. The van der Waals surface area contributed by atoms with Gasteiger partial charge in [0.25, 0.3) is 0 Å². The molecule has 1 aromatic heterocycles. The van der Waals surface area contributed by atoms with Crippen molar-refractivity contribution < 1.29 is 9.21 Å². The molecule has 0 saturated carbocycles. The average Bonchev–Trinajstić information content (AvgIpc) is 2.51. The Kier molecular flexibility index (Phi) is 1.77. The predicted molar refractivity (Wildman–Crippen MR) is 49.1 cm³/mol. The summed E-state index contributed by atoms with van der Waals surface area (Å²) < 4.78 is 5.24. The second-order valence-corrected chi connectivity index (χ2v) is 2.90.